The van der Waals surface area contributed by atoms with Crippen LogP contribution in [-0.2, 0) is 6.54 Å². The summed E-state index contributed by atoms with van der Waals surface area (Å²) in [5.41, 5.74) is 1.66. The monoisotopic (exact) mass is 325 g/mol. The lowest BCUT2D eigenvalue weighted by atomic mass is 10.1. The second kappa shape index (κ2) is 6.48. The summed E-state index contributed by atoms with van der Waals surface area (Å²) in [7, 11) is 1.87. The van der Waals surface area contributed by atoms with E-state index in [1.807, 2.05) is 18.9 Å². The highest BCUT2D eigenvalue weighted by Crippen LogP contribution is 2.25. The van der Waals surface area contributed by atoms with Crippen molar-refractivity contribution in [2.24, 2.45) is 0 Å². The molecule has 2 N–H and O–H groups in total. The summed E-state index contributed by atoms with van der Waals surface area (Å²) in [6.45, 7) is 2.85. The Morgan fingerprint density at radius 1 is 1.50 bits per heavy atom. The third kappa shape index (κ3) is 3.04. The number of nitrogens with one attached hydrogen (secondary N) is 1. The molecule has 3 rings (SSSR count). The van der Waals surface area contributed by atoms with E-state index in [0.717, 1.165) is 5.39 Å². The van der Waals surface area contributed by atoms with Crippen molar-refractivity contribution in [3.63, 3.8) is 0 Å². The van der Waals surface area contributed by atoms with E-state index >= 15 is 0 Å². The fourth-order valence-corrected chi connectivity index (χ4v) is 2.67. The number of aliphatic hydroxyl groups excluding tert-OH is 1. The molecule has 0 amide bonds. The van der Waals surface area contributed by atoms with Gasteiger partial charge in [-0.15, -0.1) is 6.42 Å². The number of likely N-dealkylation sites (N-methyl/N-ethyl adjacent to an activating group) is 1. The first kappa shape index (κ1) is 16.2. The van der Waals surface area contributed by atoms with Gasteiger partial charge >= 0.3 is 0 Å². The highest BCUT2D eigenvalue weighted by Gasteiger charge is 2.15. The Hall–Kier alpha value is -2.62. The fourth-order valence-electron chi connectivity index (χ4n) is 2.67. The minimum absolute atomic E-state index is 0.194. The lowest BCUT2D eigenvalue weighted by Gasteiger charge is -2.18. The smallest absolute Gasteiger partial charge is 0.294 e. The SMILES string of the molecule is C#Cc1ccc2oc3c(=O)[nH]c(CN(C)C[C@@H](O)CC)nc3c2c1. The summed E-state index contributed by atoms with van der Waals surface area (Å²) >= 11 is 0. The van der Waals surface area contributed by atoms with Crippen molar-refractivity contribution >= 4 is 22.1 Å². The maximum atomic E-state index is 12.3. The molecule has 6 heteroatoms. The van der Waals surface area contributed by atoms with Crippen molar-refractivity contribution in [1.29, 1.82) is 0 Å². The average Bonchev–Trinajstić information content (AvgIpc) is 2.93. The number of nitrogens with zero attached hydrogens (tertiary/aromatic N) is 2. The topological polar surface area (TPSA) is 82.4 Å². The number of aliphatic hydroxyl groups is 1. The van der Waals surface area contributed by atoms with Gasteiger partial charge in [-0.2, -0.15) is 0 Å². The summed E-state index contributed by atoms with van der Waals surface area (Å²) in [5.74, 6) is 3.09. The van der Waals surface area contributed by atoms with Crippen molar-refractivity contribution in [2.45, 2.75) is 26.0 Å². The molecule has 1 aromatic carbocycles. The zero-order valence-corrected chi connectivity index (χ0v) is 13.7. The van der Waals surface area contributed by atoms with Crippen LogP contribution >= 0.6 is 0 Å². The Kier molecular flexibility index (Phi) is 4.38. The van der Waals surface area contributed by atoms with E-state index in [0.29, 0.717) is 42.0 Å². The van der Waals surface area contributed by atoms with E-state index in [2.05, 4.69) is 15.9 Å². The maximum absolute atomic E-state index is 12.3. The van der Waals surface area contributed by atoms with Crippen LogP contribution in [0.3, 0.4) is 0 Å². The zero-order valence-electron chi connectivity index (χ0n) is 13.7. The molecule has 6 nitrogen and oxygen atoms in total. The first-order valence-corrected chi connectivity index (χ1v) is 7.80. The molecule has 0 saturated heterocycles. The Morgan fingerprint density at radius 2 is 2.29 bits per heavy atom. The van der Waals surface area contributed by atoms with Gasteiger partial charge in [0.15, 0.2) is 0 Å². The number of aromatic nitrogens is 2. The van der Waals surface area contributed by atoms with Crippen LogP contribution in [-0.4, -0.2) is 39.7 Å². The molecule has 1 atom stereocenters. The van der Waals surface area contributed by atoms with Crippen LogP contribution in [0.5, 0.6) is 0 Å². The predicted octanol–water partition coefficient (Wildman–Crippen LogP) is 1.85. The molecule has 0 saturated carbocycles. The Labute approximate surface area is 139 Å². The lowest BCUT2D eigenvalue weighted by Crippen LogP contribution is -2.29. The number of H-pyrrole nitrogens is 1. The van der Waals surface area contributed by atoms with Crippen molar-refractivity contribution < 1.29 is 9.52 Å². The van der Waals surface area contributed by atoms with Gasteiger partial charge in [0.05, 0.1) is 12.6 Å². The minimum Gasteiger partial charge on any atom is -0.449 e. The van der Waals surface area contributed by atoms with E-state index in [4.69, 9.17) is 10.8 Å². The third-order valence-corrected chi connectivity index (χ3v) is 3.95. The van der Waals surface area contributed by atoms with Crippen LogP contribution in [0, 0.1) is 12.3 Å². The van der Waals surface area contributed by atoms with Gasteiger partial charge in [-0.3, -0.25) is 9.69 Å². The number of terminal acetylenes is 1. The molecule has 0 radical (unpaired) electrons. The zero-order chi connectivity index (χ0) is 17.3. The number of benzene rings is 1. The number of rotatable bonds is 5. The molecule has 2 heterocycles. The normalized spacial score (nSPS) is 12.8. The average molecular weight is 325 g/mol. The molecule has 0 aliphatic heterocycles. The molecule has 24 heavy (non-hydrogen) atoms. The number of furan rings is 1. The van der Waals surface area contributed by atoms with Gasteiger partial charge in [0.2, 0.25) is 5.58 Å². The van der Waals surface area contributed by atoms with Gasteiger partial charge in [0.25, 0.3) is 5.56 Å². The first-order chi connectivity index (χ1) is 11.5. The lowest BCUT2D eigenvalue weighted by molar-refractivity contribution is 0.118. The van der Waals surface area contributed by atoms with Crippen LogP contribution in [0.25, 0.3) is 22.1 Å². The molecule has 124 valence electrons. The summed E-state index contributed by atoms with van der Waals surface area (Å²) in [4.78, 5) is 21.5. The largest absolute Gasteiger partial charge is 0.449 e. The van der Waals surface area contributed by atoms with Crippen LogP contribution in [0.4, 0.5) is 0 Å². The van der Waals surface area contributed by atoms with Gasteiger partial charge in [0.1, 0.15) is 16.9 Å². The van der Waals surface area contributed by atoms with Crippen molar-refractivity contribution in [1.82, 2.24) is 14.9 Å². The number of hydrogen-bond donors (Lipinski definition) is 2. The predicted molar refractivity (Wildman–Crippen MR) is 92.7 cm³/mol. The van der Waals surface area contributed by atoms with Crippen molar-refractivity contribution in [3.05, 3.63) is 39.9 Å². The van der Waals surface area contributed by atoms with Crippen molar-refractivity contribution in [3.8, 4) is 12.3 Å². The number of aromatic amines is 1. The molecule has 0 spiro atoms. The van der Waals surface area contributed by atoms with E-state index in [-0.39, 0.29) is 11.1 Å². The highest BCUT2D eigenvalue weighted by molar-refractivity contribution is 6.02. The molecule has 2 aromatic heterocycles. The highest BCUT2D eigenvalue weighted by atomic mass is 16.3. The molecule has 0 unspecified atom stereocenters. The second-order valence-electron chi connectivity index (χ2n) is 5.91. The van der Waals surface area contributed by atoms with Gasteiger partial charge in [-0.1, -0.05) is 12.8 Å². The summed E-state index contributed by atoms with van der Waals surface area (Å²) in [5, 5.41) is 10.5. The van der Waals surface area contributed by atoms with Gasteiger partial charge in [-0.25, -0.2) is 4.98 Å². The Balaban J connectivity index is 2.03. The Bertz CT molecular complexity index is 981. The standard InChI is InChI=1S/C18H19N3O3/c1-4-11-6-7-14-13(8-11)16-17(24-14)18(23)20-15(19-16)10-21(3)9-12(22)5-2/h1,6-8,12,22H,5,9-10H2,2-3H3,(H,19,20,23)/t12-/m0/s1. The molecular formula is C18H19N3O3. The quantitative estimate of drug-likeness (QED) is 0.700. The molecule has 0 bridgehead atoms. The van der Waals surface area contributed by atoms with E-state index in [9.17, 15) is 9.90 Å². The van der Waals surface area contributed by atoms with Gasteiger partial charge in [0, 0.05) is 17.5 Å². The summed E-state index contributed by atoms with van der Waals surface area (Å²) < 4.78 is 5.60. The van der Waals surface area contributed by atoms with E-state index < -0.39 is 6.10 Å². The molecule has 3 aromatic rings. The van der Waals surface area contributed by atoms with Crippen LogP contribution in [0.2, 0.25) is 0 Å². The Morgan fingerprint density at radius 3 is 3.00 bits per heavy atom. The fraction of sp³-hybridized carbons (Fsp3) is 0.333. The van der Waals surface area contributed by atoms with Crippen molar-refractivity contribution in [2.75, 3.05) is 13.6 Å². The second-order valence-corrected chi connectivity index (χ2v) is 5.91. The number of hydrogen-bond acceptors (Lipinski definition) is 5. The van der Waals surface area contributed by atoms with Gasteiger partial charge in [-0.05, 0) is 31.7 Å². The maximum Gasteiger partial charge on any atom is 0.294 e. The molecule has 0 fully saturated rings. The third-order valence-electron chi connectivity index (χ3n) is 3.95. The summed E-state index contributed by atoms with van der Waals surface area (Å²) in [6, 6.07) is 5.30. The molecule has 0 aliphatic carbocycles. The minimum atomic E-state index is -0.404. The van der Waals surface area contributed by atoms with Crippen LogP contribution in [0.1, 0.15) is 24.7 Å². The van der Waals surface area contributed by atoms with E-state index in [1.54, 1.807) is 18.2 Å². The first-order valence-electron chi connectivity index (χ1n) is 7.80. The van der Waals surface area contributed by atoms with E-state index in [1.165, 1.54) is 0 Å². The summed E-state index contributed by atoms with van der Waals surface area (Å²) in [6.07, 6.45) is 5.71. The molecule has 0 aliphatic rings. The number of fused-ring (bicyclic) bond motifs is 3. The van der Waals surface area contributed by atoms with Crippen LogP contribution < -0.4 is 5.56 Å². The van der Waals surface area contributed by atoms with Gasteiger partial charge < -0.3 is 14.5 Å². The molecular weight excluding hydrogens is 306 g/mol. The van der Waals surface area contributed by atoms with Crippen LogP contribution in [0.15, 0.2) is 27.4 Å².